The molecule has 0 aromatic heterocycles. The SMILES string of the molecule is CC(=O)O.CC(C)CCC(=N)N. The molecule has 0 fully saturated rings. The van der Waals surface area contributed by atoms with E-state index in [0.29, 0.717) is 11.8 Å². The number of carbonyl (C=O) groups is 1. The molecule has 0 aliphatic carbocycles. The molecular weight excluding hydrogens is 156 g/mol. The van der Waals surface area contributed by atoms with Crippen LogP contribution in [0.15, 0.2) is 0 Å². The van der Waals surface area contributed by atoms with Gasteiger partial charge in [-0.2, -0.15) is 0 Å². The van der Waals surface area contributed by atoms with Crippen molar-refractivity contribution >= 4 is 11.8 Å². The highest BCUT2D eigenvalue weighted by Gasteiger charge is 1.93. The highest BCUT2D eigenvalue weighted by Crippen LogP contribution is 2.01. The maximum Gasteiger partial charge on any atom is 0.300 e. The summed E-state index contributed by atoms with van der Waals surface area (Å²) >= 11 is 0. The van der Waals surface area contributed by atoms with E-state index in [4.69, 9.17) is 21.0 Å². The number of amidine groups is 1. The summed E-state index contributed by atoms with van der Waals surface area (Å²) in [5.41, 5.74) is 5.12. The van der Waals surface area contributed by atoms with Gasteiger partial charge in [0.05, 0.1) is 5.84 Å². The predicted molar refractivity (Wildman–Crippen MR) is 49.3 cm³/mol. The molecule has 0 aliphatic heterocycles. The maximum atomic E-state index is 9.00. The van der Waals surface area contributed by atoms with Gasteiger partial charge in [0.15, 0.2) is 0 Å². The summed E-state index contributed by atoms with van der Waals surface area (Å²) in [5.74, 6) is 0.137. The standard InChI is InChI=1S/C6H14N2.C2H4O2/c1-5(2)3-4-6(7)8;1-2(3)4/h5H,3-4H2,1-2H3,(H3,7,8);1H3,(H,3,4). The zero-order chi connectivity index (χ0) is 10.1. The van der Waals surface area contributed by atoms with E-state index in [9.17, 15) is 0 Å². The highest BCUT2D eigenvalue weighted by atomic mass is 16.4. The Morgan fingerprint density at radius 1 is 1.58 bits per heavy atom. The second kappa shape index (κ2) is 8.04. The van der Waals surface area contributed by atoms with Crippen LogP contribution in [0.4, 0.5) is 0 Å². The topological polar surface area (TPSA) is 87.2 Å². The summed E-state index contributed by atoms with van der Waals surface area (Å²) in [6.45, 7) is 5.34. The summed E-state index contributed by atoms with van der Waals surface area (Å²) < 4.78 is 0. The van der Waals surface area contributed by atoms with Crippen LogP contribution in [0, 0.1) is 11.3 Å². The average Bonchev–Trinajstić information content (AvgIpc) is 1.82. The lowest BCUT2D eigenvalue weighted by molar-refractivity contribution is -0.134. The van der Waals surface area contributed by atoms with Gasteiger partial charge in [0, 0.05) is 13.3 Å². The van der Waals surface area contributed by atoms with Gasteiger partial charge in [0.2, 0.25) is 0 Å². The van der Waals surface area contributed by atoms with E-state index in [1.165, 1.54) is 0 Å². The third kappa shape index (κ3) is 36.3. The molecule has 4 nitrogen and oxygen atoms in total. The third-order valence-electron chi connectivity index (χ3n) is 0.991. The van der Waals surface area contributed by atoms with Crippen LogP contribution in [0.3, 0.4) is 0 Å². The molecule has 0 spiro atoms. The molecule has 0 amide bonds. The molecule has 0 heterocycles. The smallest absolute Gasteiger partial charge is 0.300 e. The molecule has 0 radical (unpaired) electrons. The normalized spacial score (nSPS) is 8.67. The predicted octanol–water partition coefficient (Wildman–Crippen LogP) is 1.45. The van der Waals surface area contributed by atoms with Crippen molar-refractivity contribution in [2.24, 2.45) is 11.7 Å². The molecule has 0 saturated carbocycles. The molecule has 0 unspecified atom stereocenters. The molecule has 0 atom stereocenters. The van der Waals surface area contributed by atoms with Crippen molar-refractivity contribution in [1.82, 2.24) is 0 Å². The van der Waals surface area contributed by atoms with Gasteiger partial charge >= 0.3 is 0 Å². The third-order valence-corrected chi connectivity index (χ3v) is 0.991. The fourth-order valence-corrected chi connectivity index (χ4v) is 0.444. The Hall–Kier alpha value is -1.06. The molecule has 0 aromatic carbocycles. The number of carboxylic acids is 1. The maximum absolute atomic E-state index is 9.00. The lowest BCUT2D eigenvalue weighted by atomic mass is 10.1. The Kier molecular flexibility index (Phi) is 9.06. The number of aliphatic carboxylic acids is 1. The molecular formula is C8H18N2O2. The van der Waals surface area contributed by atoms with E-state index in [0.717, 1.165) is 19.8 Å². The first-order valence-electron chi connectivity index (χ1n) is 3.88. The van der Waals surface area contributed by atoms with Crippen molar-refractivity contribution < 1.29 is 9.90 Å². The van der Waals surface area contributed by atoms with Gasteiger partial charge in [0.1, 0.15) is 0 Å². The van der Waals surface area contributed by atoms with Crippen molar-refractivity contribution in [1.29, 1.82) is 5.41 Å². The molecule has 0 aliphatic rings. The second-order valence-electron chi connectivity index (χ2n) is 2.98. The summed E-state index contributed by atoms with van der Waals surface area (Å²) in [7, 11) is 0. The van der Waals surface area contributed by atoms with Gasteiger partial charge in [-0.1, -0.05) is 13.8 Å². The van der Waals surface area contributed by atoms with Gasteiger partial charge in [-0.3, -0.25) is 10.2 Å². The number of nitrogens with two attached hydrogens (primary N) is 1. The summed E-state index contributed by atoms with van der Waals surface area (Å²) in [6.07, 6.45) is 1.78. The van der Waals surface area contributed by atoms with Gasteiger partial charge in [-0.05, 0) is 12.3 Å². The van der Waals surface area contributed by atoms with Crippen LogP contribution < -0.4 is 5.73 Å². The van der Waals surface area contributed by atoms with Crippen molar-refractivity contribution in [2.45, 2.75) is 33.6 Å². The van der Waals surface area contributed by atoms with Crippen LogP contribution in [-0.2, 0) is 4.79 Å². The zero-order valence-corrected chi connectivity index (χ0v) is 7.92. The van der Waals surface area contributed by atoms with Crippen LogP contribution in [0.25, 0.3) is 0 Å². The molecule has 0 saturated heterocycles. The van der Waals surface area contributed by atoms with E-state index in [-0.39, 0.29) is 0 Å². The molecule has 72 valence electrons. The Morgan fingerprint density at radius 3 is 2.00 bits per heavy atom. The number of hydrogen-bond donors (Lipinski definition) is 3. The first kappa shape index (κ1) is 13.5. The monoisotopic (exact) mass is 174 g/mol. The van der Waals surface area contributed by atoms with E-state index >= 15 is 0 Å². The van der Waals surface area contributed by atoms with E-state index < -0.39 is 5.97 Å². The van der Waals surface area contributed by atoms with Crippen molar-refractivity contribution in [2.75, 3.05) is 0 Å². The van der Waals surface area contributed by atoms with Crippen molar-refractivity contribution in [3.8, 4) is 0 Å². The largest absolute Gasteiger partial charge is 0.481 e. The molecule has 4 N–H and O–H groups in total. The number of carboxylic acid groups (broad SMARTS) is 1. The Balaban J connectivity index is 0. The minimum Gasteiger partial charge on any atom is -0.481 e. The molecule has 12 heavy (non-hydrogen) atoms. The first-order valence-corrected chi connectivity index (χ1v) is 3.88. The first-order chi connectivity index (χ1) is 5.36. The van der Waals surface area contributed by atoms with Crippen molar-refractivity contribution in [3.63, 3.8) is 0 Å². The Bertz CT molecular complexity index is 140. The Labute approximate surface area is 73.3 Å². The fraction of sp³-hybridized carbons (Fsp3) is 0.750. The lowest BCUT2D eigenvalue weighted by Crippen LogP contribution is -2.09. The van der Waals surface area contributed by atoms with Gasteiger partial charge in [0.25, 0.3) is 5.97 Å². The molecule has 0 aromatic rings. The summed E-state index contributed by atoms with van der Waals surface area (Å²) in [4.78, 5) is 9.00. The minimum atomic E-state index is -0.833. The highest BCUT2D eigenvalue weighted by molar-refractivity contribution is 5.76. The van der Waals surface area contributed by atoms with Crippen LogP contribution in [0.2, 0.25) is 0 Å². The van der Waals surface area contributed by atoms with Crippen LogP contribution in [0.5, 0.6) is 0 Å². The minimum absolute atomic E-state index is 0.304. The molecule has 0 rings (SSSR count). The number of rotatable bonds is 3. The van der Waals surface area contributed by atoms with E-state index in [2.05, 4.69) is 13.8 Å². The second-order valence-corrected chi connectivity index (χ2v) is 2.98. The zero-order valence-electron chi connectivity index (χ0n) is 7.92. The number of hydrogen-bond acceptors (Lipinski definition) is 2. The van der Waals surface area contributed by atoms with Crippen molar-refractivity contribution in [3.05, 3.63) is 0 Å². The van der Waals surface area contributed by atoms with Crippen LogP contribution in [-0.4, -0.2) is 16.9 Å². The molecule has 0 bridgehead atoms. The molecule has 4 heteroatoms. The van der Waals surface area contributed by atoms with Gasteiger partial charge in [-0.25, -0.2) is 0 Å². The summed E-state index contributed by atoms with van der Waals surface area (Å²) in [5, 5.41) is 14.3. The van der Waals surface area contributed by atoms with Crippen LogP contribution in [0.1, 0.15) is 33.6 Å². The number of nitrogens with one attached hydrogen (secondary N) is 1. The quantitative estimate of drug-likeness (QED) is 0.447. The average molecular weight is 174 g/mol. The summed E-state index contributed by atoms with van der Waals surface area (Å²) in [6, 6.07) is 0. The lowest BCUT2D eigenvalue weighted by Gasteiger charge is -2.00. The van der Waals surface area contributed by atoms with Crippen LogP contribution >= 0.6 is 0 Å². The Morgan fingerprint density at radius 2 is 1.92 bits per heavy atom. The van der Waals surface area contributed by atoms with E-state index in [1.54, 1.807) is 0 Å². The van der Waals surface area contributed by atoms with Gasteiger partial charge in [-0.15, -0.1) is 0 Å². The van der Waals surface area contributed by atoms with Gasteiger partial charge < -0.3 is 10.8 Å². The fourth-order valence-electron chi connectivity index (χ4n) is 0.444. The van der Waals surface area contributed by atoms with E-state index in [1.807, 2.05) is 0 Å².